The highest BCUT2D eigenvalue weighted by molar-refractivity contribution is 7.99. The molecule has 2 unspecified atom stereocenters. The summed E-state index contributed by atoms with van der Waals surface area (Å²) in [6, 6.07) is 0.812. The van der Waals surface area contributed by atoms with Gasteiger partial charge in [-0.1, -0.05) is 26.7 Å². The zero-order chi connectivity index (χ0) is 8.81. The molecule has 0 amide bonds. The number of thioether (sulfide) groups is 1. The largest absolute Gasteiger partial charge is 0.313 e. The van der Waals surface area contributed by atoms with E-state index in [-0.39, 0.29) is 0 Å². The molecule has 2 heteroatoms. The van der Waals surface area contributed by atoms with Crippen LogP contribution in [0.2, 0.25) is 0 Å². The minimum absolute atomic E-state index is 0.812. The number of hydrogen-bond donors (Lipinski definition) is 1. The topological polar surface area (TPSA) is 12.0 Å². The summed E-state index contributed by atoms with van der Waals surface area (Å²) < 4.78 is 0. The molecule has 1 heterocycles. The van der Waals surface area contributed by atoms with Gasteiger partial charge in [-0.2, -0.15) is 11.8 Å². The van der Waals surface area contributed by atoms with Crippen LogP contribution in [0.25, 0.3) is 0 Å². The van der Waals surface area contributed by atoms with Crippen LogP contribution in [0.1, 0.15) is 33.1 Å². The number of unbranched alkanes of at least 4 members (excludes halogenated alkanes) is 1. The molecule has 12 heavy (non-hydrogen) atoms. The second-order valence-corrected chi connectivity index (χ2v) is 4.68. The summed E-state index contributed by atoms with van der Waals surface area (Å²) in [4.78, 5) is 0. The van der Waals surface area contributed by atoms with Gasteiger partial charge in [0.25, 0.3) is 0 Å². The molecular formula is C10H21NS. The van der Waals surface area contributed by atoms with Gasteiger partial charge in [0.15, 0.2) is 0 Å². The van der Waals surface area contributed by atoms with E-state index in [9.17, 15) is 0 Å². The average molecular weight is 187 g/mol. The minimum atomic E-state index is 0.812. The van der Waals surface area contributed by atoms with E-state index in [0.717, 1.165) is 18.5 Å². The number of rotatable bonds is 5. The van der Waals surface area contributed by atoms with Crippen LogP contribution in [0.5, 0.6) is 0 Å². The molecule has 2 atom stereocenters. The summed E-state index contributed by atoms with van der Waals surface area (Å²) in [5, 5.41) is 3.58. The quantitative estimate of drug-likeness (QED) is 0.710. The maximum Gasteiger partial charge on any atom is 0.0194 e. The SMILES string of the molecule is CCCCC1CSCC1NCC. The van der Waals surface area contributed by atoms with Gasteiger partial charge in [0.2, 0.25) is 0 Å². The molecule has 1 aliphatic rings. The summed E-state index contributed by atoms with van der Waals surface area (Å²) in [5.74, 6) is 3.68. The summed E-state index contributed by atoms with van der Waals surface area (Å²) in [6.07, 6.45) is 4.19. The van der Waals surface area contributed by atoms with Gasteiger partial charge in [-0.15, -0.1) is 0 Å². The second kappa shape index (κ2) is 5.87. The van der Waals surface area contributed by atoms with Crippen LogP contribution in [-0.2, 0) is 0 Å². The van der Waals surface area contributed by atoms with Crippen LogP contribution >= 0.6 is 11.8 Å². The summed E-state index contributed by atoms with van der Waals surface area (Å²) in [7, 11) is 0. The summed E-state index contributed by atoms with van der Waals surface area (Å²) in [5.41, 5.74) is 0. The van der Waals surface area contributed by atoms with Crippen LogP contribution in [0, 0.1) is 5.92 Å². The van der Waals surface area contributed by atoms with Crippen LogP contribution in [0.15, 0.2) is 0 Å². The first-order chi connectivity index (χ1) is 5.88. The highest BCUT2D eigenvalue weighted by Gasteiger charge is 2.25. The van der Waals surface area contributed by atoms with Gasteiger partial charge in [-0.25, -0.2) is 0 Å². The maximum atomic E-state index is 3.58. The third kappa shape index (κ3) is 2.98. The number of nitrogens with one attached hydrogen (secondary N) is 1. The van der Waals surface area contributed by atoms with Crippen molar-refractivity contribution in [2.75, 3.05) is 18.1 Å². The van der Waals surface area contributed by atoms with Crippen molar-refractivity contribution in [1.29, 1.82) is 0 Å². The van der Waals surface area contributed by atoms with Crippen molar-refractivity contribution >= 4 is 11.8 Å². The second-order valence-electron chi connectivity index (χ2n) is 3.60. The predicted molar refractivity (Wildman–Crippen MR) is 57.8 cm³/mol. The third-order valence-electron chi connectivity index (χ3n) is 2.59. The van der Waals surface area contributed by atoms with E-state index >= 15 is 0 Å². The Balaban J connectivity index is 2.20. The molecule has 0 radical (unpaired) electrons. The van der Waals surface area contributed by atoms with Crippen LogP contribution in [0.4, 0.5) is 0 Å². The molecule has 0 aliphatic carbocycles. The molecule has 1 nitrogen and oxygen atoms in total. The van der Waals surface area contributed by atoms with Crippen molar-refractivity contribution in [2.24, 2.45) is 5.92 Å². The third-order valence-corrected chi connectivity index (χ3v) is 3.85. The standard InChI is InChI=1S/C10H21NS/c1-3-5-6-9-7-12-8-10(9)11-4-2/h9-11H,3-8H2,1-2H3. The van der Waals surface area contributed by atoms with Crippen molar-refractivity contribution in [1.82, 2.24) is 5.32 Å². The smallest absolute Gasteiger partial charge is 0.0194 e. The average Bonchev–Trinajstić information content (AvgIpc) is 2.50. The Morgan fingerprint density at radius 1 is 1.33 bits per heavy atom. The van der Waals surface area contributed by atoms with Gasteiger partial charge < -0.3 is 5.32 Å². The van der Waals surface area contributed by atoms with Crippen molar-refractivity contribution in [3.8, 4) is 0 Å². The minimum Gasteiger partial charge on any atom is -0.313 e. The van der Waals surface area contributed by atoms with Crippen molar-refractivity contribution in [3.63, 3.8) is 0 Å². The van der Waals surface area contributed by atoms with Gasteiger partial charge in [-0.3, -0.25) is 0 Å². The molecule has 0 aromatic heterocycles. The first-order valence-electron chi connectivity index (χ1n) is 5.19. The highest BCUT2D eigenvalue weighted by Crippen LogP contribution is 2.28. The number of hydrogen-bond acceptors (Lipinski definition) is 2. The Kier molecular flexibility index (Phi) is 5.08. The molecule has 1 N–H and O–H groups in total. The van der Waals surface area contributed by atoms with Gasteiger partial charge in [0.1, 0.15) is 0 Å². The van der Waals surface area contributed by atoms with E-state index in [1.54, 1.807) is 0 Å². The zero-order valence-electron chi connectivity index (χ0n) is 8.31. The fourth-order valence-corrected chi connectivity index (χ4v) is 3.32. The molecule has 0 bridgehead atoms. The fourth-order valence-electron chi connectivity index (χ4n) is 1.84. The molecule has 1 fully saturated rings. The van der Waals surface area contributed by atoms with Gasteiger partial charge in [-0.05, 0) is 24.6 Å². The molecule has 0 aromatic carbocycles. The Hall–Kier alpha value is 0.310. The highest BCUT2D eigenvalue weighted by atomic mass is 32.2. The lowest BCUT2D eigenvalue weighted by atomic mass is 9.97. The Labute approximate surface area is 80.7 Å². The maximum absolute atomic E-state index is 3.58. The van der Waals surface area contributed by atoms with Crippen LogP contribution < -0.4 is 5.32 Å². The van der Waals surface area contributed by atoms with Gasteiger partial charge in [0.05, 0.1) is 0 Å². The molecular weight excluding hydrogens is 166 g/mol. The lowest BCUT2D eigenvalue weighted by Gasteiger charge is -2.18. The summed E-state index contributed by atoms with van der Waals surface area (Å²) >= 11 is 2.12. The van der Waals surface area contributed by atoms with Crippen molar-refractivity contribution in [3.05, 3.63) is 0 Å². The molecule has 0 saturated carbocycles. The Morgan fingerprint density at radius 3 is 2.83 bits per heavy atom. The lowest BCUT2D eigenvalue weighted by molar-refractivity contribution is 0.401. The van der Waals surface area contributed by atoms with E-state index in [0.29, 0.717) is 0 Å². The monoisotopic (exact) mass is 187 g/mol. The Morgan fingerprint density at radius 2 is 2.17 bits per heavy atom. The molecule has 1 rings (SSSR count). The van der Waals surface area contributed by atoms with Crippen molar-refractivity contribution < 1.29 is 0 Å². The fraction of sp³-hybridized carbons (Fsp3) is 1.00. The zero-order valence-corrected chi connectivity index (χ0v) is 9.12. The predicted octanol–water partition coefficient (Wildman–Crippen LogP) is 2.52. The van der Waals surface area contributed by atoms with Crippen LogP contribution in [0.3, 0.4) is 0 Å². The van der Waals surface area contributed by atoms with Crippen molar-refractivity contribution in [2.45, 2.75) is 39.2 Å². The van der Waals surface area contributed by atoms with Gasteiger partial charge >= 0.3 is 0 Å². The van der Waals surface area contributed by atoms with E-state index in [4.69, 9.17) is 0 Å². The van der Waals surface area contributed by atoms with Gasteiger partial charge in [0, 0.05) is 11.8 Å². The first-order valence-corrected chi connectivity index (χ1v) is 6.35. The van der Waals surface area contributed by atoms with E-state index in [2.05, 4.69) is 30.9 Å². The van der Waals surface area contributed by atoms with E-state index < -0.39 is 0 Å². The molecule has 72 valence electrons. The van der Waals surface area contributed by atoms with Crippen LogP contribution in [-0.4, -0.2) is 24.1 Å². The molecule has 1 aliphatic heterocycles. The van der Waals surface area contributed by atoms with E-state index in [1.807, 2.05) is 0 Å². The Bertz CT molecular complexity index is 116. The molecule has 1 saturated heterocycles. The first kappa shape index (κ1) is 10.4. The lowest BCUT2D eigenvalue weighted by Crippen LogP contribution is -2.35. The molecule has 0 spiro atoms. The molecule has 0 aromatic rings. The summed E-state index contributed by atoms with van der Waals surface area (Å²) in [6.45, 7) is 5.62. The normalized spacial score (nSPS) is 29.5. The van der Waals surface area contributed by atoms with E-state index in [1.165, 1.54) is 30.8 Å².